The number of nitrogens with one attached hydrogen (secondary N) is 1. The molecule has 2 rings (SSSR count). The second-order valence-electron chi connectivity index (χ2n) is 4.11. The third-order valence-corrected chi connectivity index (χ3v) is 2.69. The largest absolute Gasteiger partial charge is 0.348 e. The molecule has 1 amide bonds. The Labute approximate surface area is 117 Å². The van der Waals surface area contributed by atoms with E-state index < -0.39 is 0 Å². The van der Waals surface area contributed by atoms with Gasteiger partial charge in [0.2, 0.25) is 5.91 Å². The lowest BCUT2D eigenvalue weighted by molar-refractivity contribution is -0.116. The number of pyridine rings is 1. The normalized spacial score (nSPS) is 10.2. The van der Waals surface area contributed by atoms with E-state index >= 15 is 0 Å². The molecule has 0 saturated carbocycles. The van der Waals surface area contributed by atoms with E-state index in [4.69, 9.17) is 5.26 Å². The Morgan fingerprint density at radius 3 is 2.90 bits per heavy atom. The van der Waals surface area contributed by atoms with Gasteiger partial charge in [0.15, 0.2) is 0 Å². The number of amides is 1. The highest BCUT2D eigenvalue weighted by molar-refractivity contribution is 5.92. The van der Waals surface area contributed by atoms with Gasteiger partial charge in [-0.05, 0) is 29.3 Å². The first-order valence-corrected chi connectivity index (χ1v) is 6.13. The molecule has 0 saturated heterocycles. The van der Waals surface area contributed by atoms with Crippen LogP contribution in [0.1, 0.15) is 16.7 Å². The van der Waals surface area contributed by atoms with Crippen LogP contribution in [0.4, 0.5) is 0 Å². The smallest absolute Gasteiger partial charge is 0.244 e. The highest BCUT2D eigenvalue weighted by atomic mass is 16.1. The Balaban J connectivity index is 1.95. The quantitative estimate of drug-likeness (QED) is 0.861. The molecule has 1 N–H and O–H groups in total. The summed E-state index contributed by atoms with van der Waals surface area (Å²) in [6, 6.07) is 12.9. The summed E-state index contributed by atoms with van der Waals surface area (Å²) in [4.78, 5) is 15.7. The van der Waals surface area contributed by atoms with E-state index in [0.29, 0.717) is 12.1 Å². The molecular weight excluding hydrogens is 250 g/mol. The first kappa shape index (κ1) is 13.5. The van der Waals surface area contributed by atoms with Gasteiger partial charge in [-0.3, -0.25) is 9.78 Å². The molecule has 1 heterocycles. The number of carbonyl (C=O) groups is 1. The van der Waals surface area contributed by atoms with Gasteiger partial charge in [0.25, 0.3) is 0 Å². The first-order valence-electron chi connectivity index (χ1n) is 6.13. The van der Waals surface area contributed by atoms with Gasteiger partial charge in [-0.25, -0.2) is 0 Å². The Hall–Kier alpha value is -2.93. The van der Waals surface area contributed by atoms with Crippen molar-refractivity contribution < 1.29 is 4.79 Å². The molecule has 0 unspecified atom stereocenters. The highest BCUT2D eigenvalue weighted by Crippen LogP contribution is 2.08. The lowest BCUT2D eigenvalue weighted by atomic mass is 10.1. The van der Waals surface area contributed by atoms with E-state index in [1.54, 1.807) is 36.7 Å². The third kappa shape index (κ3) is 3.79. The van der Waals surface area contributed by atoms with Gasteiger partial charge in [0.1, 0.15) is 0 Å². The summed E-state index contributed by atoms with van der Waals surface area (Å²) in [5.74, 6) is -0.207. The zero-order valence-electron chi connectivity index (χ0n) is 10.8. The minimum absolute atomic E-state index is 0.207. The lowest BCUT2D eigenvalue weighted by Crippen LogP contribution is -2.20. The summed E-state index contributed by atoms with van der Waals surface area (Å²) in [5.41, 5.74) is 2.21. The summed E-state index contributed by atoms with van der Waals surface area (Å²) < 4.78 is 0. The Morgan fingerprint density at radius 1 is 1.30 bits per heavy atom. The first-order chi connectivity index (χ1) is 9.79. The van der Waals surface area contributed by atoms with Crippen molar-refractivity contribution in [1.29, 1.82) is 5.26 Å². The van der Waals surface area contributed by atoms with Crippen molar-refractivity contribution in [1.82, 2.24) is 10.3 Å². The van der Waals surface area contributed by atoms with E-state index in [0.717, 1.165) is 11.1 Å². The van der Waals surface area contributed by atoms with Gasteiger partial charge in [0, 0.05) is 25.0 Å². The van der Waals surface area contributed by atoms with Crippen molar-refractivity contribution in [3.8, 4) is 6.07 Å². The molecular formula is C16H13N3O. The van der Waals surface area contributed by atoms with Crippen LogP contribution in [0.3, 0.4) is 0 Å². The second kappa shape index (κ2) is 6.86. The zero-order chi connectivity index (χ0) is 14.2. The molecule has 4 heteroatoms. The number of nitrogens with zero attached hydrogens (tertiary/aromatic N) is 2. The lowest BCUT2D eigenvalue weighted by Gasteiger charge is -2.01. The van der Waals surface area contributed by atoms with Gasteiger partial charge in [-0.1, -0.05) is 24.3 Å². The molecule has 0 atom stereocenters. The molecule has 0 aliphatic rings. The number of nitriles is 1. The van der Waals surface area contributed by atoms with Gasteiger partial charge >= 0.3 is 0 Å². The highest BCUT2D eigenvalue weighted by Gasteiger charge is 1.99. The standard InChI is InChI=1S/C16H13N3O/c17-10-15-6-2-1-5-14(15)7-8-16(20)19-12-13-4-3-9-18-11-13/h1-9,11H,12H2,(H,19,20)/b8-7+. The molecule has 1 aromatic heterocycles. The molecule has 98 valence electrons. The fraction of sp³-hybridized carbons (Fsp3) is 0.0625. The van der Waals surface area contributed by atoms with Gasteiger partial charge in [-0.2, -0.15) is 5.26 Å². The molecule has 4 nitrogen and oxygen atoms in total. The van der Waals surface area contributed by atoms with E-state index in [1.807, 2.05) is 18.2 Å². The van der Waals surface area contributed by atoms with Crippen LogP contribution in [0.25, 0.3) is 6.08 Å². The van der Waals surface area contributed by atoms with Crippen LogP contribution in [-0.4, -0.2) is 10.9 Å². The maximum atomic E-state index is 11.7. The minimum atomic E-state index is -0.207. The van der Waals surface area contributed by atoms with E-state index in [-0.39, 0.29) is 5.91 Å². The Bertz CT molecular complexity index is 657. The molecule has 0 fully saturated rings. The topological polar surface area (TPSA) is 65.8 Å². The Kier molecular flexibility index (Phi) is 4.63. The maximum Gasteiger partial charge on any atom is 0.244 e. The predicted molar refractivity (Wildman–Crippen MR) is 76.3 cm³/mol. The maximum absolute atomic E-state index is 11.7. The second-order valence-corrected chi connectivity index (χ2v) is 4.11. The van der Waals surface area contributed by atoms with Crippen LogP contribution in [0.15, 0.2) is 54.9 Å². The number of benzene rings is 1. The monoisotopic (exact) mass is 263 g/mol. The molecule has 0 spiro atoms. The summed E-state index contributed by atoms with van der Waals surface area (Å²) in [7, 11) is 0. The van der Waals surface area contributed by atoms with Gasteiger partial charge in [0.05, 0.1) is 11.6 Å². The zero-order valence-corrected chi connectivity index (χ0v) is 10.8. The van der Waals surface area contributed by atoms with Crippen LogP contribution < -0.4 is 5.32 Å². The SMILES string of the molecule is N#Cc1ccccc1/C=C/C(=O)NCc1cccnc1. The number of carbonyl (C=O) groups excluding carboxylic acids is 1. The van der Waals surface area contributed by atoms with Crippen molar-refractivity contribution in [2.45, 2.75) is 6.54 Å². The van der Waals surface area contributed by atoms with Crippen LogP contribution in [-0.2, 0) is 11.3 Å². The molecule has 0 aliphatic heterocycles. The molecule has 1 aromatic carbocycles. The third-order valence-electron chi connectivity index (χ3n) is 2.69. The van der Waals surface area contributed by atoms with Crippen molar-refractivity contribution in [3.05, 3.63) is 71.6 Å². The number of hydrogen-bond acceptors (Lipinski definition) is 3. The van der Waals surface area contributed by atoms with Gasteiger partial charge in [-0.15, -0.1) is 0 Å². The van der Waals surface area contributed by atoms with Crippen molar-refractivity contribution in [3.63, 3.8) is 0 Å². The van der Waals surface area contributed by atoms with Crippen molar-refractivity contribution >= 4 is 12.0 Å². The van der Waals surface area contributed by atoms with Crippen molar-refractivity contribution in [2.75, 3.05) is 0 Å². The van der Waals surface area contributed by atoms with Crippen LogP contribution >= 0.6 is 0 Å². The molecule has 2 aromatic rings. The van der Waals surface area contributed by atoms with E-state index in [2.05, 4.69) is 16.4 Å². The molecule has 20 heavy (non-hydrogen) atoms. The minimum Gasteiger partial charge on any atom is -0.348 e. The molecule has 0 aliphatic carbocycles. The average Bonchev–Trinajstić information content (AvgIpc) is 2.52. The predicted octanol–water partition coefficient (Wildman–Crippen LogP) is 2.28. The summed E-state index contributed by atoms with van der Waals surface area (Å²) in [6.45, 7) is 0.427. The average molecular weight is 263 g/mol. The van der Waals surface area contributed by atoms with E-state index in [1.165, 1.54) is 6.08 Å². The van der Waals surface area contributed by atoms with Crippen LogP contribution in [0.5, 0.6) is 0 Å². The van der Waals surface area contributed by atoms with E-state index in [9.17, 15) is 4.79 Å². The fourth-order valence-corrected chi connectivity index (χ4v) is 1.66. The molecule has 0 bridgehead atoms. The summed E-state index contributed by atoms with van der Waals surface area (Å²) >= 11 is 0. The molecule has 0 radical (unpaired) electrons. The number of aromatic nitrogens is 1. The Morgan fingerprint density at radius 2 is 2.15 bits per heavy atom. The number of rotatable bonds is 4. The number of hydrogen-bond donors (Lipinski definition) is 1. The fourth-order valence-electron chi connectivity index (χ4n) is 1.66. The van der Waals surface area contributed by atoms with Crippen LogP contribution in [0.2, 0.25) is 0 Å². The van der Waals surface area contributed by atoms with Gasteiger partial charge < -0.3 is 5.32 Å². The summed E-state index contributed by atoms with van der Waals surface area (Å²) in [5, 5.41) is 11.7. The summed E-state index contributed by atoms with van der Waals surface area (Å²) in [6.07, 6.45) is 6.45. The van der Waals surface area contributed by atoms with Crippen molar-refractivity contribution in [2.24, 2.45) is 0 Å². The van der Waals surface area contributed by atoms with Crippen LogP contribution in [0, 0.1) is 11.3 Å².